The number of rotatable bonds is 7. The van der Waals surface area contributed by atoms with E-state index in [-0.39, 0.29) is 47.1 Å². The van der Waals surface area contributed by atoms with E-state index in [4.69, 9.17) is 10.3 Å². The topological polar surface area (TPSA) is 27.0 Å². The predicted molar refractivity (Wildman–Crippen MR) is 144 cm³/mol. The molecule has 1 saturated carbocycles. The first-order valence-electron chi connectivity index (χ1n) is 11.7. The number of aromatic nitrogens is 1. The number of benzene rings is 2. The maximum absolute atomic E-state index is 5.44. The van der Waals surface area contributed by atoms with Crippen molar-refractivity contribution in [2.75, 3.05) is 0 Å². The van der Waals surface area contributed by atoms with Crippen LogP contribution >= 0.6 is 0 Å². The summed E-state index contributed by atoms with van der Waals surface area (Å²) in [5, 5.41) is 5.44. The maximum Gasteiger partial charge on any atom is 3.00 e. The fraction of sp³-hybridized carbons (Fsp3) is 0.355. The zero-order valence-corrected chi connectivity index (χ0v) is 24.2. The third-order valence-electron chi connectivity index (χ3n) is 6.34. The summed E-state index contributed by atoms with van der Waals surface area (Å²) in [6, 6.07) is 23.6. The van der Waals surface area contributed by atoms with E-state index in [1.807, 2.05) is 0 Å². The summed E-state index contributed by atoms with van der Waals surface area (Å²) >= 11 is 0. The molecule has 0 amide bonds. The van der Waals surface area contributed by atoms with E-state index in [2.05, 4.69) is 101 Å². The summed E-state index contributed by atoms with van der Waals surface area (Å²) < 4.78 is 0. The summed E-state index contributed by atoms with van der Waals surface area (Å²) in [6.07, 6.45) is 6.09. The average Bonchev–Trinajstić information content (AvgIpc) is 3.33. The summed E-state index contributed by atoms with van der Waals surface area (Å²) in [5.41, 5.74) is 7.18. The smallest absolute Gasteiger partial charge is 0.673 e. The Bertz CT molecular complexity index is 965. The fourth-order valence-corrected chi connectivity index (χ4v) is 4.61. The van der Waals surface area contributed by atoms with Gasteiger partial charge in [0.25, 0.3) is 0 Å². The van der Waals surface area contributed by atoms with Crippen LogP contribution in [0, 0.1) is 21.3 Å². The van der Waals surface area contributed by atoms with E-state index in [1.54, 1.807) is 0 Å². The second-order valence-corrected chi connectivity index (χ2v) is 9.30. The summed E-state index contributed by atoms with van der Waals surface area (Å²) in [6.45, 7) is 9.02. The van der Waals surface area contributed by atoms with Crippen molar-refractivity contribution < 1.29 is 26.2 Å². The van der Waals surface area contributed by atoms with Crippen LogP contribution in [0.4, 0.5) is 5.69 Å². The molecule has 1 fully saturated rings. The van der Waals surface area contributed by atoms with Gasteiger partial charge in [-0.25, -0.2) is 0 Å². The first-order valence-corrected chi connectivity index (χ1v) is 11.7. The SMILES string of the molecule is CC(C)c1cccc(C(C)C)c1[N-]C(c1ccccc1)c1cccc(C2[CH-]CCC2)n1.[CH3-].[CH3-].[Zr+3]. The van der Waals surface area contributed by atoms with Crippen LogP contribution in [0.1, 0.15) is 98.8 Å². The molecule has 3 heteroatoms. The molecule has 2 atom stereocenters. The van der Waals surface area contributed by atoms with E-state index in [0.717, 1.165) is 11.4 Å². The fourth-order valence-electron chi connectivity index (χ4n) is 4.61. The van der Waals surface area contributed by atoms with Crippen LogP contribution in [0.3, 0.4) is 0 Å². The first kappa shape index (κ1) is 30.3. The molecule has 3 aromatic rings. The van der Waals surface area contributed by atoms with Crippen LogP contribution in [0.5, 0.6) is 0 Å². The van der Waals surface area contributed by atoms with Gasteiger partial charge in [-0.05, 0) is 30.0 Å². The minimum Gasteiger partial charge on any atom is -0.673 e. The summed E-state index contributed by atoms with van der Waals surface area (Å²) in [4.78, 5) is 5.15. The van der Waals surface area contributed by atoms with Crippen LogP contribution in [0.25, 0.3) is 5.32 Å². The molecule has 4 rings (SSSR count). The molecule has 0 saturated heterocycles. The van der Waals surface area contributed by atoms with Crippen LogP contribution in [-0.2, 0) is 26.2 Å². The normalized spacial score (nSPS) is 15.8. The van der Waals surface area contributed by atoms with Gasteiger partial charge < -0.3 is 26.6 Å². The molecule has 179 valence electrons. The van der Waals surface area contributed by atoms with Crippen molar-refractivity contribution in [2.45, 2.75) is 70.8 Å². The molecule has 1 aromatic heterocycles. The van der Waals surface area contributed by atoms with E-state index in [0.29, 0.717) is 17.8 Å². The number of para-hydroxylation sites is 1. The second kappa shape index (κ2) is 14.0. The van der Waals surface area contributed by atoms with Crippen molar-refractivity contribution in [3.63, 3.8) is 0 Å². The summed E-state index contributed by atoms with van der Waals surface area (Å²) in [5.74, 6) is 1.31. The Kier molecular flexibility index (Phi) is 12.5. The predicted octanol–water partition coefficient (Wildman–Crippen LogP) is 9.49. The van der Waals surface area contributed by atoms with Crippen LogP contribution in [0.15, 0.2) is 66.7 Å². The maximum atomic E-state index is 5.44. The van der Waals surface area contributed by atoms with Gasteiger partial charge in [-0.2, -0.15) is 6.42 Å². The zero-order chi connectivity index (χ0) is 21.8. The van der Waals surface area contributed by atoms with Gasteiger partial charge in [-0.15, -0.1) is 11.6 Å². The Morgan fingerprint density at radius 1 is 0.824 bits per heavy atom. The Morgan fingerprint density at radius 2 is 1.44 bits per heavy atom. The van der Waals surface area contributed by atoms with Gasteiger partial charge >= 0.3 is 26.2 Å². The number of pyridine rings is 1. The Balaban J connectivity index is 0.00000193. The minimum absolute atomic E-state index is 0. The van der Waals surface area contributed by atoms with Crippen LogP contribution in [-0.4, -0.2) is 4.98 Å². The van der Waals surface area contributed by atoms with Crippen molar-refractivity contribution in [1.82, 2.24) is 4.98 Å². The molecule has 1 aliphatic carbocycles. The van der Waals surface area contributed by atoms with E-state index >= 15 is 0 Å². The van der Waals surface area contributed by atoms with Crippen molar-refractivity contribution >= 4 is 5.69 Å². The number of hydrogen-bond acceptors (Lipinski definition) is 1. The Labute approximate surface area is 228 Å². The quantitative estimate of drug-likeness (QED) is 0.279. The van der Waals surface area contributed by atoms with E-state index in [9.17, 15) is 0 Å². The third-order valence-corrected chi connectivity index (χ3v) is 6.34. The molecular formula is C31H40N2Zr-. The van der Waals surface area contributed by atoms with Crippen molar-refractivity contribution in [3.05, 3.63) is 121 Å². The van der Waals surface area contributed by atoms with Gasteiger partial charge in [0.15, 0.2) is 0 Å². The van der Waals surface area contributed by atoms with E-state index < -0.39 is 0 Å². The molecule has 0 spiro atoms. The molecule has 1 aliphatic rings. The average molecular weight is 532 g/mol. The molecule has 1 radical (unpaired) electrons. The molecule has 2 unspecified atom stereocenters. The molecule has 0 aliphatic heterocycles. The molecule has 34 heavy (non-hydrogen) atoms. The molecule has 0 N–H and O–H groups in total. The monoisotopic (exact) mass is 530 g/mol. The standard InChI is InChI=1S/C29H34N2.2CH3.Zr/c1-20(2)24-16-10-17-25(21(3)4)29(24)31-28(23-14-6-5-7-15-23)27-19-11-18-26(30-27)22-12-8-9-13-22;;;/h5-7,10-12,14-22,28H,8-9,13H2,1-4H3;2*1H3;/q-2;2*-1;+3. The number of nitrogens with zero attached hydrogens (tertiary/aromatic N) is 2. The van der Waals surface area contributed by atoms with Crippen LogP contribution < -0.4 is 0 Å². The van der Waals surface area contributed by atoms with Gasteiger partial charge in [0.2, 0.25) is 0 Å². The molecule has 1 heterocycles. The van der Waals surface area contributed by atoms with Gasteiger partial charge in [0.1, 0.15) is 0 Å². The van der Waals surface area contributed by atoms with Crippen molar-refractivity contribution in [3.8, 4) is 0 Å². The Hall–Kier alpha value is -1.73. The Morgan fingerprint density at radius 3 is 2.00 bits per heavy atom. The van der Waals surface area contributed by atoms with Crippen molar-refractivity contribution in [2.24, 2.45) is 0 Å². The second-order valence-electron chi connectivity index (χ2n) is 9.30. The van der Waals surface area contributed by atoms with Crippen molar-refractivity contribution in [1.29, 1.82) is 0 Å². The first-order chi connectivity index (χ1) is 15.0. The van der Waals surface area contributed by atoms with Gasteiger partial charge in [0.05, 0.1) is 0 Å². The van der Waals surface area contributed by atoms with Crippen LogP contribution in [0.2, 0.25) is 0 Å². The minimum atomic E-state index is -0.111. The van der Waals surface area contributed by atoms with E-state index in [1.165, 1.54) is 41.6 Å². The van der Waals surface area contributed by atoms with Gasteiger partial charge in [-0.1, -0.05) is 112 Å². The molecule has 0 bridgehead atoms. The van der Waals surface area contributed by atoms with Gasteiger partial charge in [-0.3, -0.25) is 4.98 Å². The largest absolute Gasteiger partial charge is 3.00 e. The van der Waals surface area contributed by atoms with Gasteiger partial charge in [0, 0.05) is 11.4 Å². The molecule has 2 aromatic carbocycles. The molecule has 2 nitrogen and oxygen atoms in total. The zero-order valence-electron chi connectivity index (χ0n) is 21.8. The third kappa shape index (κ3) is 6.91. The number of hydrogen-bond donors (Lipinski definition) is 0. The molecular weight excluding hydrogens is 492 g/mol. The summed E-state index contributed by atoms with van der Waals surface area (Å²) in [7, 11) is 0.